The van der Waals surface area contributed by atoms with Gasteiger partial charge in [-0.3, -0.25) is 0 Å². The molecule has 7 N–H and O–H groups in total. The van der Waals surface area contributed by atoms with Crippen molar-refractivity contribution in [2.45, 2.75) is 32.8 Å². The molecular formula is C11H22N6O. The summed E-state index contributed by atoms with van der Waals surface area (Å²) in [6, 6.07) is 1.63. The minimum atomic E-state index is -0.412. The molecule has 1 aromatic rings. The van der Waals surface area contributed by atoms with Gasteiger partial charge in [-0.15, -0.1) is 0 Å². The normalized spacial score (nSPS) is 12.5. The molecule has 7 nitrogen and oxygen atoms in total. The Hall–Kier alpha value is -1.60. The van der Waals surface area contributed by atoms with Crippen LogP contribution in [0.5, 0.6) is 0 Å². The Bertz CT molecular complexity index is 369. The van der Waals surface area contributed by atoms with E-state index < -0.39 is 6.10 Å². The number of aliphatic hydroxyl groups is 1. The maximum absolute atomic E-state index is 9.99. The summed E-state index contributed by atoms with van der Waals surface area (Å²) >= 11 is 0. The number of hydrazine groups is 1. The number of rotatable bonds is 7. The monoisotopic (exact) mass is 254 g/mol. The van der Waals surface area contributed by atoms with Crippen LogP contribution >= 0.6 is 0 Å². The summed E-state index contributed by atoms with van der Waals surface area (Å²) in [5, 5.41) is 13.0. The average molecular weight is 254 g/mol. The van der Waals surface area contributed by atoms with E-state index in [2.05, 4.69) is 34.6 Å². The summed E-state index contributed by atoms with van der Waals surface area (Å²) < 4.78 is 0. The maximum atomic E-state index is 9.99. The van der Waals surface area contributed by atoms with Crippen LogP contribution in [0.3, 0.4) is 0 Å². The van der Waals surface area contributed by atoms with Crippen molar-refractivity contribution >= 4 is 17.6 Å². The fourth-order valence-corrected chi connectivity index (χ4v) is 1.84. The number of nitrogens with zero attached hydrogens (tertiary/aromatic N) is 2. The van der Waals surface area contributed by atoms with Crippen molar-refractivity contribution in [3.63, 3.8) is 0 Å². The molecule has 0 spiro atoms. The van der Waals surface area contributed by atoms with Gasteiger partial charge in [-0.2, -0.15) is 9.97 Å². The van der Waals surface area contributed by atoms with Gasteiger partial charge in [0.15, 0.2) is 0 Å². The van der Waals surface area contributed by atoms with Crippen LogP contribution < -0.4 is 22.3 Å². The highest BCUT2D eigenvalue weighted by molar-refractivity contribution is 5.50. The molecule has 1 rings (SSSR count). The van der Waals surface area contributed by atoms with Crippen LogP contribution in [0.4, 0.5) is 17.6 Å². The molecule has 0 fully saturated rings. The first kappa shape index (κ1) is 14.5. The molecule has 1 aromatic heterocycles. The third kappa shape index (κ3) is 4.01. The van der Waals surface area contributed by atoms with Gasteiger partial charge in [-0.05, 0) is 5.92 Å². The van der Waals surface area contributed by atoms with Crippen LogP contribution in [0.25, 0.3) is 0 Å². The molecule has 0 saturated heterocycles. The molecule has 7 heteroatoms. The van der Waals surface area contributed by atoms with Crippen molar-refractivity contribution in [2.24, 2.45) is 11.8 Å². The summed E-state index contributed by atoms with van der Waals surface area (Å²) in [7, 11) is 0. The van der Waals surface area contributed by atoms with Crippen LogP contribution in [-0.4, -0.2) is 27.7 Å². The molecule has 0 aromatic carbocycles. The van der Waals surface area contributed by atoms with E-state index in [-0.39, 0.29) is 11.9 Å². The highest BCUT2D eigenvalue weighted by atomic mass is 16.3. The number of nitrogen functional groups attached to an aromatic ring is 2. The topological polar surface area (TPSA) is 122 Å². The fourth-order valence-electron chi connectivity index (χ4n) is 1.84. The van der Waals surface area contributed by atoms with E-state index in [1.165, 1.54) is 0 Å². The van der Waals surface area contributed by atoms with Gasteiger partial charge in [-0.1, -0.05) is 26.7 Å². The standard InChI is InChI=1S/C11H22N6O/c1-3-7(4-2)8(18)6-14-9-5-10(17-13)16-11(12)15-9/h5,7-8,18H,3-4,6,13H2,1-2H3,(H4,12,14,15,16,17). The highest BCUT2D eigenvalue weighted by Gasteiger charge is 2.15. The van der Waals surface area contributed by atoms with Crippen LogP contribution in [0, 0.1) is 5.92 Å². The smallest absolute Gasteiger partial charge is 0.223 e. The number of aliphatic hydroxyl groups excluding tert-OH is 1. The predicted octanol–water partition coefficient (Wildman–Crippen LogP) is 0.553. The molecular weight excluding hydrogens is 232 g/mol. The largest absolute Gasteiger partial charge is 0.391 e. The van der Waals surface area contributed by atoms with Crippen molar-refractivity contribution < 1.29 is 5.11 Å². The first-order chi connectivity index (χ1) is 8.60. The first-order valence-corrected chi connectivity index (χ1v) is 6.13. The first-order valence-electron chi connectivity index (χ1n) is 6.13. The molecule has 1 unspecified atom stereocenters. The predicted molar refractivity (Wildman–Crippen MR) is 72.8 cm³/mol. The van der Waals surface area contributed by atoms with E-state index in [1.807, 2.05) is 0 Å². The van der Waals surface area contributed by atoms with Gasteiger partial charge in [0.05, 0.1) is 6.10 Å². The van der Waals surface area contributed by atoms with Crippen molar-refractivity contribution in [2.75, 3.05) is 23.0 Å². The zero-order chi connectivity index (χ0) is 13.5. The Morgan fingerprint density at radius 3 is 2.44 bits per heavy atom. The van der Waals surface area contributed by atoms with E-state index >= 15 is 0 Å². The number of nitrogens with two attached hydrogens (primary N) is 2. The number of aromatic nitrogens is 2. The second-order valence-electron chi connectivity index (χ2n) is 4.17. The lowest BCUT2D eigenvalue weighted by atomic mass is 9.97. The van der Waals surface area contributed by atoms with Crippen LogP contribution in [-0.2, 0) is 0 Å². The number of hydrogen-bond donors (Lipinski definition) is 5. The minimum absolute atomic E-state index is 0.130. The summed E-state index contributed by atoms with van der Waals surface area (Å²) in [6.07, 6.45) is 1.48. The molecule has 0 aliphatic carbocycles. The number of anilines is 3. The average Bonchev–Trinajstić information content (AvgIpc) is 2.37. The molecule has 0 saturated carbocycles. The molecule has 102 valence electrons. The molecule has 18 heavy (non-hydrogen) atoms. The zero-order valence-electron chi connectivity index (χ0n) is 10.8. The van der Waals surface area contributed by atoms with Gasteiger partial charge < -0.3 is 21.6 Å². The summed E-state index contributed by atoms with van der Waals surface area (Å²) in [5.74, 6) is 6.65. The second kappa shape index (κ2) is 6.97. The molecule has 1 heterocycles. The van der Waals surface area contributed by atoms with E-state index in [0.717, 1.165) is 12.8 Å². The van der Waals surface area contributed by atoms with E-state index in [9.17, 15) is 5.11 Å². The number of hydrogen-bond acceptors (Lipinski definition) is 7. The third-order valence-corrected chi connectivity index (χ3v) is 2.98. The highest BCUT2D eigenvalue weighted by Crippen LogP contribution is 2.15. The fraction of sp³-hybridized carbons (Fsp3) is 0.636. The maximum Gasteiger partial charge on any atom is 0.223 e. The second-order valence-corrected chi connectivity index (χ2v) is 4.17. The Kier molecular flexibility index (Phi) is 5.60. The Balaban J connectivity index is 2.60. The van der Waals surface area contributed by atoms with Gasteiger partial charge in [0, 0.05) is 12.6 Å². The molecule has 0 aliphatic heterocycles. The SMILES string of the molecule is CCC(CC)C(O)CNc1cc(NN)nc(N)n1. The Labute approximate surface area is 107 Å². The zero-order valence-corrected chi connectivity index (χ0v) is 10.8. The minimum Gasteiger partial charge on any atom is -0.391 e. The van der Waals surface area contributed by atoms with Gasteiger partial charge in [-0.25, -0.2) is 5.84 Å². The summed E-state index contributed by atoms with van der Waals surface area (Å²) in [4.78, 5) is 7.89. The lowest BCUT2D eigenvalue weighted by Gasteiger charge is -2.20. The van der Waals surface area contributed by atoms with Crippen molar-refractivity contribution in [1.82, 2.24) is 9.97 Å². The van der Waals surface area contributed by atoms with Gasteiger partial charge >= 0.3 is 0 Å². The molecule has 0 radical (unpaired) electrons. The van der Waals surface area contributed by atoms with Crippen molar-refractivity contribution in [1.29, 1.82) is 0 Å². The van der Waals surface area contributed by atoms with Gasteiger partial charge in [0.1, 0.15) is 11.6 Å². The lowest BCUT2D eigenvalue weighted by Crippen LogP contribution is -2.28. The molecule has 1 atom stereocenters. The quantitative estimate of drug-likeness (QED) is 0.356. The van der Waals surface area contributed by atoms with Crippen LogP contribution in [0.15, 0.2) is 6.07 Å². The lowest BCUT2D eigenvalue weighted by molar-refractivity contribution is 0.114. The summed E-state index contributed by atoms with van der Waals surface area (Å²) in [5.41, 5.74) is 7.94. The van der Waals surface area contributed by atoms with Crippen LogP contribution in [0.2, 0.25) is 0 Å². The van der Waals surface area contributed by atoms with Gasteiger partial charge in [0.25, 0.3) is 0 Å². The Morgan fingerprint density at radius 2 is 1.89 bits per heavy atom. The van der Waals surface area contributed by atoms with E-state index in [1.54, 1.807) is 6.07 Å². The third-order valence-electron chi connectivity index (χ3n) is 2.98. The van der Waals surface area contributed by atoms with Crippen LogP contribution in [0.1, 0.15) is 26.7 Å². The summed E-state index contributed by atoms with van der Waals surface area (Å²) in [6.45, 7) is 4.56. The molecule has 0 amide bonds. The van der Waals surface area contributed by atoms with E-state index in [0.29, 0.717) is 18.2 Å². The van der Waals surface area contributed by atoms with Gasteiger partial charge in [0.2, 0.25) is 5.95 Å². The molecule has 0 bridgehead atoms. The van der Waals surface area contributed by atoms with Crippen molar-refractivity contribution in [3.05, 3.63) is 6.07 Å². The van der Waals surface area contributed by atoms with Crippen molar-refractivity contribution in [3.8, 4) is 0 Å². The Morgan fingerprint density at radius 1 is 1.28 bits per heavy atom. The number of nitrogens with one attached hydrogen (secondary N) is 2. The van der Waals surface area contributed by atoms with E-state index in [4.69, 9.17) is 11.6 Å². The molecule has 0 aliphatic rings.